The molecule has 1 heterocycles. The van der Waals surface area contributed by atoms with Gasteiger partial charge in [-0.2, -0.15) is 0 Å². The molecule has 1 aromatic rings. The summed E-state index contributed by atoms with van der Waals surface area (Å²) in [5.41, 5.74) is 6.29. The molecule has 0 bridgehead atoms. The van der Waals surface area contributed by atoms with E-state index in [0.29, 0.717) is 30.3 Å². The molecule has 2 unspecified atom stereocenters. The van der Waals surface area contributed by atoms with Gasteiger partial charge in [0.05, 0.1) is 13.2 Å². The summed E-state index contributed by atoms with van der Waals surface area (Å²) < 4.78 is 10.8. The number of halogens is 1. The van der Waals surface area contributed by atoms with Gasteiger partial charge in [-0.1, -0.05) is 17.7 Å². The van der Waals surface area contributed by atoms with Gasteiger partial charge in [0, 0.05) is 23.7 Å². The van der Waals surface area contributed by atoms with E-state index < -0.39 is 6.10 Å². The van der Waals surface area contributed by atoms with Crippen LogP contribution in [0.5, 0.6) is 5.75 Å². The summed E-state index contributed by atoms with van der Waals surface area (Å²) in [7, 11) is 1.57. The molecule has 1 aliphatic rings. The molecule has 6 heteroatoms. The van der Waals surface area contributed by atoms with Crippen molar-refractivity contribution in [2.75, 3.05) is 13.7 Å². The van der Waals surface area contributed by atoms with E-state index >= 15 is 0 Å². The molecule has 1 amide bonds. The number of nitrogens with two attached hydrogens (primary N) is 1. The van der Waals surface area contributed by atoms with E-state index in [1.54, 1.807) is 19.2 Å². The third-order valence-corrected chi connectivity index (χ3v) is 3.75. The highest BCUT2D eigenvalue weighted by Gasteiger charge is 2.29. The maximum Gasteiger partial charge on any atom is 0.249 e. The molecule has 20 heavy (non-hydrogen) atoms. The van der Waals surface area contributed by atoms with Crippen LogP contribution in [0.2, 0.25) is 5.02 Å². The molecule has 2 atom stereocenters. The second kappa shape index (κ2) is 6.92. The Morgan fingerprint density at radius 2 is 2.35 bits per heavy atom. The maximum absolute atomic E-state index is 12.0. The summed E-state index contributed by atoms with van der Waals surface area (Å²) in [5.74, 6) is 0.521. The molecule has 110 valence electrons. The number of hydrogen-bond acceptors (Lipinski definition) is 4. The van der Waals surface area contributed by atoms with Crippen LogP contribution < -0.4 is 15.8 Å². The smallest absolute Gasteiger partial charge is 0.249 e. The van der Waals surface area contributed by atoms with Crippen LogP contribution in [0.25, 0.3) is 0 Å². The van der Waals surface area contributed by atoms with Gasteiger partial charge in [-0.05, 0) is 25.0 Å². The summed E-state index contributed by atoms with van der Waals surface area (Å²) in [5, 5.41) is 3.40. The summed E-state index contributed by atoms with van der Waals surface area (Å²) in [4.78, 5) is 12.0. The van der Waals surface area contributed by atoms with Crippen molar-refractivity contribution in [2.24, 2.45) is 5.73 Å². The molecule has 1 aromatic carbocycles. The largest absolute Gasteiger partial charge is 0.496 e. The van der Waals surface area contributed by atoms with E-state index in [1.807, 2.05) is 6.07 Å². The predicted octanol–water partition coefficient (Wildman–Crippen LogP) is 1.47. The quantitative estimate of drug-likeness (QED) is 0.863. The number of rotatable bonds is 5. The molecule has 0 aliphatic carbocycles. The fraction of sp³-hybridized carbons (Fsp3) is 0.500. The van der Waals surface area contributed by atoms with Crippen molar-refractivity contribution >= 4 is 17.5 Å². The average Bonchev–Trinajstić information content (AvgIpc) is 2.94. The van der Waals surface area contributed by atoms with Crippen LogP contribution >= 0.6 is 11.6 Å². The second-order valence-corrected chi connectivity index (χ2v) is 5.11. The van der Waals surface area contributed by atoms with Crippen molar-refractivity contribution in [3.05, 3.63) is 28.8 Å². The van der Waals surface area contributed by atoms with Gasteiger partial charge in [0.2, 0.25) is 5.91 Å². The first-order chi connectivity index (χ1) is 9.65. The highest BCUT2D eigenvalue weighted by molar-refractivity contribution is 6.31. The summed E-state index contributed by atoms with van der Waals surface area (Å²) >= 11 is 6.12. The van der Waals surface area contributed by atoms with Crippen molar-refractivity contribution in [3.63, 3.8) is 0 Å². The van der Waals surface area contributed by atoms with Crippen LogP contribution in [-0.4, -0.2) is 31.8 Å². The van der Waals surface area contributed by atoms with Gasteiger partial charge in [0.25, 0.3) is 0 Å². The standard InChI is InChI=1S/C14H19ClN2O3/c1-19-12-4-2-3-11(15)10(12)8-17-14(18)13-6-5-9(7-16)20-13/h2-4,9,13H,5-8,16H2,1H3,(H,17,18). The van der Waals surface area contributed by atoms with Crippen molar-refractivity contribution in [3.8, 4) is 5.75 Å². The third-order valence-electron chi connectivity index (χ3n) is 3.40. The Morgan fingerprint density at radius 1 is 1.55 bits per heavy atom. The van der Waals surface area contributed by atoms with Crippen LogP contribution in [0.4, 0.5) is 0 Å². The van der Waals surface area contributed by atoms with Gasteiger partial charge < -0.3 is 20.5 Å². The van der Waals surface area contributed by atoms with Crippen LogP contribution in [0.1, 0.15) is 18.4 Å². The van der Waals surface area contributed by atoms with E-state index in [1.165, 1.54) is 0 Å². The van der Waals surface area contributed by atoms with Crippen molar-refractivity contribution in [2.45, 2.75) is 31.6 Å². The van der Waals surface area contributed by atoms with E-state index in [-0.39, 0.29) is 12.0 Å². The van der Waals surface area contributed by atoms with Gasteiger partial charge >= 0.3 is 0 Å². The first-order valence-electron chi connectivity index (χ1n) is 6.60. The molecular weight excluding hydrogens is 280 g/mol. The van der Waals surface area contributed by atoms with E-state index in [9.17, 15) is 4.79 Å². The molecule has 1 aliphatic heterocycles. The normalized spacial score (nSPS) is 21.8. The van der Waals surface area contributed by atoms with E-state index in [2.05, 4.69) is 5.32 Å². The van der Waals surface area contributed by atoms with E-state index in [0.717, 1.165) is 12.0 Å². The SMILES string of the molecule is COc1cccc(Cl)c1CNC(=O)C1CCC(CN)O1. The summed E-state index contributed by atoms with van der Waals surface area (Å²) in [6, 6.07) is 5.38. The molecule has 1 fully saturated rings. The highest BCUT2D eigenvalue weighted by atomic mass is 35.5. The maximum atomic E-state index is 12.0. The van der Waals surface area contributed by atoms with Gasteiger partial charge in [0.1, 0.15) is 11.9 Å². The average molecular weight is 299 g/mol. The Kier molecular flexibility index (Phi) is 5.23. The van der Waals surface area contributed by atoms with Crippen LogP contribution in [0.3, 0.4) is 0 Å². The first kappa shape index (κ1) is 15.1. The summed E-state index contributed by atoms with van der Waals surface area (Å²) in [6.07, 6.45) is 1.09. The Hall–Kier alpha value is -1.30. The molecule has 5 nitrogen and oxygen atoms in total. The van der Waals surface area contributed by atoms with Gasteiger partial charge in [0.15, 0.2) is 0 Å². The highest BCUT2D eigenvalue weighted by Crippen LogP contribution is 2.26. The molecular formula is C14H19ClN2O3. The van der Waals surface area contributed by atoms with Crippen molar-refractivity contribution < 1.29 is 14.3 Å². The fourth-order valence-electron chi connectivity index (χ4n) is 2.26. The van der Waals surface area contributed by atoms with Crippen LogP contribution in [0, 0.1) is 0 Å². The van der Waals surface area contributed by atoms with Crippen LogP contribution in [-0.2, 0) is 16.1 Å². The Morgan fingerprint density at radius 3 is 3.00 bits per heavy atom. The zero-order chi connectivity index (χ0) is 14.5. The monoisotopic (exact) mass is 298 g/mol. The zero-order valence-corrected chi connectivity index (χ0v) is 12.2. The number of ether oxygens (including phenoxy) is 2. The lowest BCUT2D eigenvalue weighted by Gasteiger charge is -2.14. The number of methoxy groups -OCH3 is 1. The van der Waals surface area contributed by atoms with Gasteiger partial charge in [-0.15, -0.1) is 0 Å². The number of carbonyl (C=O) groups is 1. The van der Waals surface area contributed by atoms with E-state index in [4.69, 9.17) is 26.8 Å². The minimum Gasteiger partial charge on any atom is -0.496 e. The molecule has 2 rings (SSSR count). The zero-order valence-electron chi connectivity index (χ0n) is 11.4. The second-order valence-electron chi connectivity index (χ2n) is 4.70. The lowest BCUT2D eigenvalue weighted by atomic mass is 10.1. The molecule has 0 radical (unpaired) electrons. The Labute approximate surface area is 123 Å². The van der Waals surface area contributed by atoms with Crippen LogP contribution in [0.15, 0.2) is 18.2 Å². The molecule has 0 saturated carbocycles. The Balaban J connectivity index is 1.94. The van der Waals surface area contributed by atoms with Gasteiger partial charge in [-0.3, -0.25) is 4.79 Å². The minimum absolute atomic E-state index is 0.0133. The van der Waals surface area contributed by atoms with Crippen molar-refractivity contribution in [1.29, 1.82) is 0 Å². The lowest BCUT2D eigenvalue weighted by molar-refractivity contribution is -0.132. The molecule has 3 N–H and O–H groups in total. The number of hydrogen-bond donors (Lipinski definition) is 2. The molecule has 0 aromatic heterocycles. The summed E-state index contributed by atoms with van der Waals surface area (Å²) in [6.45, 7) is 0.761. The van der Waals surface area contributed by atoms with Crippen molar-refractivity contribution in [1.82, 2.24) is 5.32 Å². The minimum atomic E-state index is -0.419. The lowest BCUT2D eigenvalue weighted by Crippen LogP contribution is -2.35. The molecule has 1 saturated heterocycles. The number of nitrogens with one attached hydrogen (secondary N) is 1. The first-order valence-corrected chi connectivity index (χ1v) is 6.98. The van der Waals surface area contributed by atoms with Gasteiger partial charge in [-0.25, -0.2) is 0 Å². The fourth-order valence-corrected chi connectivity index (χ4v) is 2.50. The Bertz CT molecular complexity index is 481. The number of amides is 1. The third kappa shape index (κ3) is 3.42. The number of benzene rings is 1. The predicted molar refractivity (Wildman–Crippen MR) is 76.8 cm³/mol. The topological polar surface area (TPSA) is 73.6 Å². The molecule has 0 spiro atoms. The number of carbonyl (C=O) groups excluding carboxylic acids is 1.